The Morgan fingerprint density at radius 2 is 2.00 bits per heavy atom. The van der Waals surface area contributed by atoms with E-state index in [1.54, 1.807) is 12.3 Å². The Morgan fingerprint density at radius 3 is 2.84 bits per heavy atom. The number of hydrogen-bond acceptors (Lipinski definition) is 6. The van der Waals surface area contributed by atoms with Gasteiger partial charge in [0.1, 0.15) is 13.2 Å². The number of hydrogen-bond donors (Lipinski definition) is 1. The van der Waals surface area contributed by atoms with E-state index < -0.39 is 0 Å². The number of nitrogens with zero attached hydrogens (tertiary/aromatic N) is 2. The van der Waals surface area contributed by atoms with Crippen LogP contribution in [0.3, 0.4) is 0 Å². The summed E-state index contributed by atoms with van der Waals surface area (Å²) in [5, 5.41) is 5.20. The van der Waals surface area contributed by atoms with E-state index in [4.69, 9.17) is 9.47 Å². The Bertz CT molecular complexity index is 944. The van der Waals surface area contributed by atoms with Gasteiger partial charge in [0.25, 0.3) is 5.91 Å². The predicted octanol–water partition coefficient (Wildman–Crippen LogP) is 3.99. The smallest absolute Gasteiger partial charge is 0.259 e. The van der Waals surface area contributed by atoms with E-state index in [9.17, 15) is 4.79 Å². The normalized spacial score (nSPS) is 12.7. The maximum absolute atomic E-state index is 12.3. The number of fused-ring (bicyclic) bond motifs is 1. The molecule has 1 aliphatic rings. The zero-order valence-electron chi connectivity index (χ0n) is 12.9. The number of amides is 1. The summed E-state index contributed by atoms with van der Waals surface area (Å²) < 4.78 is 11.9. The van der Waals surface area contributed by atoms with Gasteiger partial charge < -0.3 is 9.47 Å². The lowest BCUT2D eigenvalue weighted by Gasteiger charge is -2.18. The van der Waals surface area contributed by atoms with Crippen LogP contribution in [-0.2, 0) is 0 Å². The summed E-state index contributed by atoms with van der Waals surface area (Å²) in [6, 6.07) is 7.39. The van der Waals surface area contributed by atoms with Crippen molar-refractivity contribution >= 4 is 38.3 Å². The highest BCUT2D eigenvalue weighted by atomic mass is 79.9. The number of thiazole rings is 1. The molecule has 3 heterocycles. The molecule has 2 aromatic heterocycles. The lowest BCUT2D eigenvalue weighted by Crippen LogP contribution is -2.15. The molecule has 1 amide bonds. The van der Waals surface area contributed by atoms with E-state index in [-0.39, 0.29) is 5.91 Å². The molecule has 0 saturated heterocycles. The molecular formula is C17H12BrN3O3S. The minimum atomic E-state index is -0.253. The largest absolute Gasteiger partial charge is 0.486 e. The van der Waals surface area contributed by atoms with Gasteiger partial charge in [-0.1, -0.05) is 0 Å². The SMILES string of the molecule is O=C(Nc1nc(-c2ccc3c(c2)OCCO3)cs1)c1cncc(Br)c1. The number of carbonyl (C=O) groups is 1. The van der Waals surface area contributed by atoms with Crippen LogP contribution in [0.2, 0.25) is 0 Å². The highest BCUT2D eigenvalue weighted by Crippen LogP contribution is 2.35. The molecule has 0 atom stereocenters. The number of pyridine rings is 1. The minimum absolute atomic E-state index is 0.253. The van der Waals surface area contributed by atoms with Gasteiger partial charge >= 0.3 is 0 Å². The first-order valence-corrected chi connectivity index (χ1v) is 9.14. The summed E-state index contributed by atoms with van der Waals surface area (Å²) in [5.41, 5.74) is 2.14. The number of benzene rings is 1. The number of rotatable bonds is 3. The molecule has 126 valence electrons. The van der Waals surface area contributed by atoms with Gasteiger partial charge in [0, 0.05) is 27.8 Å². The highest BCUT2D eigenvalue weighted by molar-refractivity contribution is 9.10. The Morgan fingerprint density at radius 1 is 1.16 bits per heavy atom. The minimum Gasteiger partial charge on any atom is -0.486 e. The fraction of sp³-hybridized carbons (Fsp3) is 0.118. The summed E-state index contributed by atoms with van der Waals surface area (Å²) in [5.74, 6) is 1.19. The van der Waals surface area contributed by atoms with Gasteiger partial charge in [0.2, 0.25) is 0 Å². The molecule has 4 rings (SSSR count). The van der Waals surface area contributed by atoms with Gasteiger partial charge in [-0.05, 0) is 40.2 Å². The van der Waals surface area contributed by atoms with Gasteiger partial charge in [-0.25, -0.2) is 4.98 Å². The van der Waals surface area contributed by atoms with Gasteiger partial charge in [0.15, 0.2) is 16.6 Å². The molecule has 1 aliphatic heterocycles. The maximum Gasteiger partial charge on any atom is 0.259 e. The van der Waals surface area contributed by atoms with Crippen molar-refractivity contribution in [3.05, 3.63) is 52.1 Å². The summed E-state index contributed by atoms with van der Waals surface area (Å²) in [7, 11) is 0. The van der Waals surface area contributed by atoms with Crippen LogP contribution < -0.4 is 14.8 Å². The molecule has 6 nitrogen and oxygen atoms in total. The molecule has 25 heavy (non-hydrogen) atoms. The van der Waals surface area contributed by atoms with Crippen LogP contribution in [0, 0.1) is 0 Å². The molecule has 8 heteroatoms. The van der Waals surface area contributed by atoms with Crippen molar-refractivity contribution in [3.8, 4) is 22.8 Å². The molecular weight excluding hydrogens is 406 g/mol. The maximum atomic E-state index is 12.3. The standard InChI is InChI=1S/C17H12BrN3O3S/c18-12-5-11(7-19-8-12)16(22)21-17-20-13(9-25-17)10-1-2-14-15(6-10)24-4-3-23-14/h1-2,5-9H,3-4H2,(H,20,21,22). The molecule has 1 aromatic carbocycles. The van der Waals surface area contributed by atoms with E-state index in [0.29, 0.717) is 29.7 Å². The van der Waals surface area contributed by atoms with Crippen molar-refractivity contribution in [3.63, 3.8) is 0 Å². The quantitative estimate of drug-likeness (QED) is 0.697. The van der Waals surface area contributed by atoms with Crippen LogP contribution in [0.25, 0.3) is 11.3 Å². The topological polar surface area (TPSA) is 73.3 Å². The highest BCUT2D eigenvalue weighted by Gasteiger charge is 2.15. The molecule has 0 unspecified atom stereocenters. The van der Waals surface area contributed by atoms with Gasteiger partial charge in [-0.3, -0.25) is 15.1 Å². The summed E-state index contributed by atoms with van der Waals surface area (Å²) >= 11 is 4.66. The lowest BCUT2D eigenvalue weighted by molar-refractivity contribution is 0.102. The average molecular weight is 418 g/mol. The predicted molar refractivity (Wildman–Crippen MR) is 98.4 cm³/mol. The van der Waals surface area contributed by atoms with E-state index in [0.717, 1.165) is 21.5 Å². The zero-order valence-corrected chi connectivity index (χ0v) is 15.3. The molecule has 3 aromatic rings. The van der Waals surface area contributed by atoms with Crippen LogP contribution >= 0.6 is 27.3 Å². The van der Waals surface area contributed by atoms with E-state index in [2.05, 4.69) is 31.2 Å². The second-order valence-corrected chi connectivity index (χ2v) is 7.02. The number of anilines is 1. The van der Waals surface area contributed by atoms with E-state index in [1.165, 1.54) is 17.5 Å². The first-order valence-electron chi connectivity index (χ1n) is 7.46. The monoisotopic (exact) mass is 417 g/mol. The van der Waals surface area contributed by atoms with E-state index in [1.807, 2.05) is 23.6 Å². The van der Waals surface area contributed by atoms with Crippen LogP contribution in [0.5, 0.6) is 11.5 Å². The van der Waals surface area contributed by atoms with Crippen molar-refractivity contribution in [2.75, 3.05) is 18.5 Å². The Kier molecular flexibility index (Phi) is 4.37. The van der Waals surface area contributed by atoms with Crippen LogP contribution in [-0.4, -0.2) is 29.1 Å². The van der Waals surface area contributed by atoms with Crippen molar-refractivity contribution in [1.29, 1.82) is 0 Å². The van der Waals surface area contributed by atoms with Gasteiger partial charge in [0.05, 0.1) is 11.3 Å². The van der Waals surface area contributed by atoms with Gasteiger partial charge in [-0.2, -0.15) is 0 Å². The lowest BCUT2D eigenvalue weighted by atomic mass is 10.1. The molecule has 0 aliphatic carbocycles. The first-order chi connectivity index (χ1) is 12.2. The number of halogens is 1. The first kappa shape index (κ1) is 16.0. The van der Waals surface area contributed by atoms with Crippen LogP contribution in [0.4, 0.5) is 5.13 Å². The zero-order chi connectivity index (χ0) is 17.2. The Labute approximate surface area is 156 Å². The molecule has 0 saturated carbocycles. The number of ether oxygens (including phenoxy) is 2. The van der Waals surface area contributed by atoms with Crippen molar-refractivity contribution in [2.24, 2.45) is 0 Å². The second kappa shape index (κ2) is 6.81. The number of carbonyl (C=O) groups excluding carboxylic acids is 1. The second-order valence-electron chi connectivity index (χ2n) is 5.24. The summed E-state index contributed by atoms with van der Waals surface area (Å²) in [6.07, 6.45) is 3.13. The summed E-state index contributed by atoms with van der Waals surface area (Å²) in [4.78, 5) is 20.7. The summed E-state index contributed by atoms with van der Waals surface area (Å²) in [6.45, 7) is 1.10. The number of nitrogens with one attached hydrogen (secondary N) is 1. The fourth-order valence-electron chi connectivity index (χ4n) is 2.37. The Balaban J connectivity index is 1.53. The molecule has 0 spiro atoms. The van der Waals surface area contributed by atoms with Crippen molar-refractivity contribution < 1.29 is 14.3 Å². The third-order valence-corrected chi connectivity index (χ3v) is 4.72. The van der Waals surface area contributed by atoms with Crippen LogP contribution in [0.15, 0.2) is 46.5 Å². The van der Waals surface area contributed by atoms with Crippen LogP contribution in [0.1, 0.15) is 10.4 Å². The molecule has 1 N–H and O–H groups in total. The van der Waals surface area contributed by atoms with Crippen molar-refractivity contribution in [2.45, 2.75) is 0 Å². The average Bonchev–Trinajstić information content (AvgIpc) is 3.10. The number of aromatic nitrogens is 2. The molecule has 0 radical (unpaired) electrons. The van der Waals surface area contributed by atoms with Crippen molar-refractivity contribution in [1.82, 2.24) is 9.97 Å². The molecule has 0 fully saturated rings. The van der Waals surface area contributed by atoms with E-state index >= 15 is 0 Å². The molecule has 0 bridgehead atoms. The fourth-order valence-corrected chi connectivity index (χ4v) is 3.45. The van der Waals surface area contributed by atoms with Gasteiger partial charge in [-0.15, -0.1) is 11.3 Å². The third-order valence-electron chi connectivity index (χ3n) is 3.53. The Hall–Kier alpha value is -2.45. The third kappa shape index (κ3) is 3.49.